The summed E-state index contributed by atoms with van der Waals surface area (Å²) in [5.74, 6) is 2.58. The molecule has 0 amide bonds. The molecule has 0 saturated carbocycles. The summed E-state index contributed by atoms with van der Waals surface area (Å²) in [6.45, 7) is 2.75. The highest BCUT2D eigenvalue weighted by Crippen LogP contribution is 2.43. The predicted molar refractivity (Wildman–Crippen MR) is 77.3 cm³/mol. The molecule has 19 heavy (non-hydrogen) atoms. The van der Waals surface area contributed by atoms with Crippen LogP contribution in [0.4, 0.5) is 0 Å². The number of thioether (sulfide) groups is 1. The third-order valence-electron chi connectivity index (χ3n) is 4.32. The van der Waals surface area contributed by atoms with Crippen LogP contribution in [-0.4, -0.2) is 33.8 Å². The molecule has 0 aromatic carbocycles. The van der Waals surface area contributed by atoms with E-state index in [4.69, 9.17) is 4.74 Å². The summed E-state index contributed by atoms with van der Waals surface area (Å²) in [6.07, 6.45) is 4.47. The molecule has 1 spiro atoms. The van der Waals surface area contributed by atoms with Gasteiger partial charge in [-0.05, 0) is 49.5 Å². The van der Waals surface area contributed by atoms with Crippen molar-refractivity contribution in [2.24, 2.45) is 5.92 Å². The predicted octanol–water partition coefficient (Wildman–Crippen LogP) is 2.73. The molecule has 1 aromatic heterocycles. The lowest BCUT2D eigenvalue weighted by Crippen LogP contribution is -2.41. The van der Waals surface area contributed by atoms with E-state index in [1.807, 2.05) is 37.0 Å². The van der Waals surface area contributed by atoms with Gasteiger partial charge in [0.25, 0.3) is 0 Å². The van der Waals surface area contributed by atoms with E-state index in [0.29, 0.717) is 5.92 Å². The molecule has 1 aromatic rings. The van der Waals surface area contributed by atoms with Crippen LogP contribution in [0.5, 0.6) is 0 Å². The minimum absolute atomic E-state index is 0.0344. The molecular weight excluding hydrogens is 258 g/mol. The Balaban J connectivity index is 1.72. The summed E-state index contributed by atoms with van der Waals surface area (Å²) in [5, 5.41) is 10.6. The fourth-order valence-electron chi connectivity index (χ4n) is 3.12. The molecular formula is C15H21NO2S. The number of nitrogens with zero attached hydrogens (tertiary/aromatic N) is 1. The van der Waals surface area contributed by atoms with Crippen molar-refractivity contribution in [1.82, 2.24) is 4.98 Å². The maximum atomic E-state index is 10.6. The van der Waals surface area contributed by atoms with Gasteiger partial charge in [0, 0.05) is 24.3 Å². The lowest BCUT2D eigenvalue weighted by molar-refractivity contribution is -0.102. The molecule has 4 heteroatoms. The summed E-state index contributed by atoms with van der Waals surface area (Å²) >= 11 is 1.97. The Bertz CT molecular complexity index is 428. The molecule has 0 aliphatic carbocycles. The Hall–Kier alpha value is -0.580. The summed E-state index contributed by atoms with van der Waals surface area (Å²) < 4.78 is 6.01. The summed E-state index contributed by atoms with van der Waals surface area (Å²) in [6, 6.07) is 3.97. The second-order valence-electron chi connectivity index (χ2n) is 5.76. The van der Waals surface area contributed by atoms with Crippen molar-refractivity contribution in [3.8, 4) is 0 Å². The van der Waals surface area contributed by atoms with Crippen LogP contribution >= 0.6 is 11.8 Å². The molecule has 2 aliphatic heterocycles. The minimum Gasteiger partial charge on any atom is -0.388 e. The van der Waals surface area contributed by atoms with Crippen molar-refractivity contribution in [1.29, 1.82) is 0 Å². The average molecular weight is 279 g/mol. The van der Waals surface area contributed by atoms with Gasteiger partial charge in [0.05, 0.1) is 11.7 Å². The zero-order valence-corrected chi connectivity index (χ0v) is 12.2. The maximum Gasteiger partial charge on any atom is 0.0834 e. The van der Waals surface area contributed by atoms with Crippen LogP contribution in [0.3, 0.4) is 0 Å². The van der Waals surface area contributed by atoms with Crippen LogP contribution in [0.25, 0.3) is 0 Å². The van der Waals surface area contributed by atoms with Gasteiger partial charge < -0.3 is 9.84 Å². The Kier molecular flexibility index (Phi) is 3.83. The number of hydrogen-bond acceptors (Lipinski definition) is 4. The van der Waals surface area contributed by atoms with Crippen LogP contribution in [0.15, 0.2) is 18.3 Å². The Morgan fingerprint density at radius 2 is 2.42 bits per heavy atom. The van der Waals surface area contributed by atoms with Crippen LogP contribution < -0.4 is 0 Å². The minimum atomic E-state index is -0.403. The van der Waals surface area contributed by atoms with Crippen molar-refractivity contribution in [3.05, 3.63) is 29.6 Å². The second-order valence-corrected chi connectivity index (χ2v) is 6.87. The zero-order valence-electron chi connectivity index (χ0n) is 11.3. The van der Waals surface area contributed by atoms with Gasteiger partial charge in [-0.3, -0.25) is 4.98 Å². The lowest BCUT2D eigenvalue weighted by Gasteiger charge is -2.39. The van der Waals surface area contributed by atoms with Crippen LogP contribution in [0.1, 0.15) is 36.6 Å². The van der Waals surface area contributed by atoms with Crippen molar-refractivity contribution in [2.75, 3.05) is 18.1 Å². The van der Waals surface area contributed by atoms with Gasteiger partial charge in [0.15, 0.2) is 0 Å². The smallest absolute Gasteiger partial charge is 0.0834 e. The van der Waals surface area contributed by atoms with Gasteiger partial charge in [0.2, 0.25) is 0 Å². The molecule has 0 bridgehead atoms. The van der Waals surface area contributed by atoms with E-state index in [1.54, 1.807) is 0 Å². The van der Waals surface area contributed by atoms with Gasteiger partial charge in [-0.2, -0.15) is 11.8 Å². The summed E-state index contributed by atoms with van der Waals surface area (Å²) in [4.78, 5) is 4.29. The molecule has 3 nitrogen and oxygen atoms in total. The van der Waals surface area contributed by atoms with Crippen molar-refractivity contribution in [3.63, 3.8) is 0 Å². The first-order valence-electron chi connectivity index (χ1n) is 7.01. The number of ether oxygens (including phenoxy) is 1. The molecule has 3 rings (SSSR count). The highest BCUT2D eigenvalue weighted by molar-refractivity contribution is 7.99. The number of aliphatic hydroxyl groups excluding tert-OH is 1. The van der Waals surface area contributed by atoms with Crippen LogP contribution in [0.2, 0.25) is 0 Å². The summed E-state index contributed by atoms with van der Waals surface area (Å²) in [5.41, 5.74) is 1.97. The quantitative estimate of drug-likeness (QED) is 0.904. The lowest BCUT2D eigenvalue weighted by atomic mass is 9.80. The molecule has 3 unspecified atom stereocenters. The zero-order chi connectivity index (χ0) is 13.3. The van der Waals surface area contributed by atoms with E-state index in [1.165, 1.54) is 5.75 Å². The molecule has 1 N–H and O–H groups in total. The molecule has 0 radical (unpaired) electrons. The third-order valence-corrected chi connectivity index (χ3v) is 5.54. The van der Waals surface area contributed by atoms with Gasteiger partial charge in [0.1, 0.15) is 0 Å². The third kappa shape index (κ3) is 2.81. The van der Waals surface area contributed by atoms with Crippen molar-refractivity contribution < 1.29 is 9.84 Å². The van der Waals surface area contributed by atoms with Crippen LogP contribution in [0, 0.1) is 12.8 Å². The normalized spacial score (nSPS) is 32.6. The highest BCUT2D eigenvalue weighted by atomic mass is 32.2. The Morgan fingerprint density at radius 1 is 1.53 bits per heavy atom. The topological polar surface area (TPSA) is 42.4 Å². The number of aryl methyl sites for hydroxylation is 1. The van der Waals surface area contributed by atoms with Crippen molar-refractivity contribution in [2.45, 2.75) is 37.9 Å². The molecule has 104 valence electrons. The second kappa shape index (κ2) is 5.43. The van der Waals surface area contributed by atoms with Crippen molar-refractivity contribution >= 4 is 11.8 Å². The standard InChI is InChI=1S/C15H21NO2S/c1-11-2-3-13(9-16-11)14(17)12-4-6-18-15(8-12)5-7-19-10-15/h2-3,9,12,14,17H,4-8,10H2,1H3. The fraction of sp³-hybridized carbons (Fsp3) is 0.667. The number of pyridine rings is 1. The highest BCUT2D eigenvalue weighted by Gasteiger charge is 2.42. The number of rotatable bonds is 2. The van der Waals surface area contributed by atoms with E-state index < -0.39 is 6.10 Å². The van der Waals surface area contributed by atoms with Crippen LogP contribution in [-0.2, 0) is 4.74 Å². The Labute approximate surface area is 118 Å². The van der Waals surface area contributed by atoms with E-state index in [0.717, 1.165) is 42.9 Å². The number of aliphatic hydroxyl groups is 1. The monoisotopic (exact) mass is 279 g/mol. The number of hydrogen-bond donors (Lipinski definition) is 1. The molecule has 2 saturated heterocycles. The fourth-order valence-corrected chi connectivity index (χ4v) is 4.50. The van der Waals surface area contributed by atoms with Gasteiger partial charge in [-0.1, -0.05) is 6.07 Å². The summed E-state index contributed by atoms with van der Waals surface area (Å²) in [7, 11) is 0. The first kappa shape index (κ1) is 13.4. The first-order chi connectivity index (χ1) is 9.19. The van der Waals surface area contributed by atoms with E-state index in [9.17, 15) is 5.11 Å². The maximum absolute atomic E-state index is 10.6. The molecule has 2 aliphatic rings. The first-order valence-corrected chi connectivity index (χ1v) is 8.16. The number of aromatic nitrogens is 1. The van der Waals surface area contributed by atoms with E-state index in [2.05, 4.69) is 4.98 Å². The average Bonchev–Trinajstić information content (AvgIpc) is 2.87. The van der Waals surface area contributed by atoms with Gasteiger partial charge >= 0.3 is 0 Å². The Morgan fingerprint density at radius 3 is 3.11 bits per heavy atom. The van der Waals surface area contributed by atoms with Gasteiger partial charge in [-0.25, -0.2) is 0 Å². The van der Waals surface area contributed by atoms with E-state index >= 15 is 0 Å². The SMILES string of the molecule is Cc1ccc(C(O)C2CCOC3(CCSC3)C2)cn1. The molecule has 3 heterocycles. The van der Waals surface area contributed by atoms with Gasteiger partial charge in [-0.15, -0.1) is 0 Å². The molecule has 2 fully saturated rings. The largest absolute Gasteiger partial charge is 0.388 e. The van der Waals surface area contributed by atoms with E-state index in [-0.39, 0.29) is 5.60 Å². The molecule has 3 atom stereocenters.